The van der Waals surface area contributed by atoms with Crippen LogP contribution in [0.1, 0.15) is 53.4 Å². The van der Waals surface area contributed by atoms with Gasteiger partial charge in [-0.15, -0.1) is 0 Å². The van der Waals surface area contributed by atoms with Crippen LogP contribution in [-0.2, 0) is 0 Å². The van der Waals surface area contributed by atoms with Crippen molar-refractivity contribution in [3.05, 3.63) is 0 Å². The summed E-state index contributed by atoms with van der Waals surface area (Å²) >= 11 is 0. The van der Waals surface area contributed by atoms with Crippen LogP contribution in [0.5, 0.6) is 0 Å². The maximum atomic E-state index is 3.65. The molecule has 0 unspecified atom stereocenters. The average molecular weight is 169 g/mol. The van der Waals surface area contributed by atoms with Crippen molar-refractivity contribution in [2.45, 2.75) is 65.0 Å². The van der Waals surface area contributed by atoms with E-state index in [0.717, 1.165) is 12.0 Å². The molecule has 1 N–H and O–H groups in total. The molecule has 0 aromatic carbocycles. The predicted octanol–water partition coefficient (Wildman–Crippen LogP) is 2.95. The van der Waals surface area contributed by atoms with E-state index in [0.29, 0.717) is 5.54 Å². The molecule has 1 heterocycles. The first-order valence-corrected chi connectivity index (χ1v) is 5.34. The van der Waals surface area contributed by atoms with Gasteiger partial charge in [-0.1, -0.05) is 19.8 Å². The minimum absolute atomic E-state index is 0.384. The summed E-state index contributed by atoms with van der Waals surface area (Å²) in [4.78, 5) is 0. The van der Waals surface area contributed by atoms with E-state index in [9.17, 15) is 0 Å². The van der Waals surface area contributed by atoms with Crippen molar-refractivity contribution in [2.75, 3.05) is 0 Å². The van der Waals surface area contributed by atoms with Crippen LogP contribution >= 0.6 is 0 Å². The van der Waals surface area contributed by atoms with Gasteiger partial charge in [0.05, 0.1) is 0 Å². The maximum absolute atomic E-state index is 3.65. The zero-order valence-corrected chi connectivity index (χ0v) is 8.98. The molecule has 0 aromatic heterocycles. The highest BCUT2D eigenvalue weighted by molar-refractivity contribution is 4.95. The molecule has 72 valence electrons. The van der Waals surface area contributed by atoms with E-state index in [4.69, 9.17) is 0 Å². The summed E-state index contributed by atoms with van der Waals surface area (Å²) in [7, 11) is 0. The molecule has 1 aliphatic rings. The fourth-order valence-corrected chi connectivity index (χ4v) is 2.46. The smallest absolute Gasteiger partial charge is 0.0156 e. The Morgan fingerprint density at radius 3 is 2.50 bits per heavy atom. The highest BCUT2D eigenvalue weighted by Gasteiger charge is 2.36. The summed E-state index contributed by atoms with van der Waals surface area (Å²) in [6.45, 7) is 9.26. The number of hydrogen-bond acceptors (Lipinski definition) is 1. The standard InChI is InChI=1S/C11H23N/c1-5-6-7-10-8-9(2)12-11(10,3)4/h9-10,12H,5-8H2,1-4H3/t9-,10+/m0/s1. The lowest BCUT2D eigenvalue weighted by molar-refractivity contribution is 0.309. The maximum Gasteiger partial charge on any atom is 0.0156 e. The second kappa shape index (κ2) is 3.78. The number of nitrogens with one attached hydrogen (secondary N) is 1. The van der Waals surface area contributed by atoms with Gasteiger partial charge in [0.25, 0.3) is 0 Å². The van der Waals surface area contributed by atoms with Gasteiger partial charge in [0.1, 0.15) is 0 Å². The van der Waals surface area contributed by atoms with Crippen LogP contribution in [0, 0.1) is 5.92 Å². The van der Waals surface area contributed by atoms with Crippen LogP contribution < -0.4 is 5.32 Å². The molecule has 1 saturated heterocycles. The van der Waals surface area contributed by atoms with Gasteiger partial charge in [0.15, 0.2) is 0 Å². The molecule has 1 heteroatoms. The van der Waals surface area contributed by atoms with Gasteiger partial charge in [-0.3, -0.25) is 0 Å². The number of hydrogen-bond donors (Lipinski definition) is 1. The Hall–Kier alpha value is -0.0400. The van der Waals surface area contributed by atoms with Crippen molar-refractivity contribution < 1.29 is 0 Å². The van der Waals surface area contributed by atoms with Crippen molar-refractivity contribution in [3.8, 4) is 0 Å². The molecule has 0 spiro atoms. The van der Waals surface area contributed by atoms with Gasteiger partial charge in [0, 0.05) is 11.6 Å². The molecule has 1 nitrogen and oxygen atoms in total. The van der Waals surface area contributed by atoms with Crippen molar-refractivity contribution in [3.63, 3.8) is 0 Å². The molecule has 0 bridgehead atoms. The molecule has 0 aliphatic carbocycles. The molecular formula is C11H23N. The van der Waals surface area contributed by atoms with Crippen molar-refractivity contribution in [1.82, 2.24) is 5.32 Å². The highest BCUT2D eigenvalue weighted by Crippen LogP contribution is 2.33. The monoisotopic (exact) mass is 169 g/mol. The molecule has 0 saturated carbocycles. The van der Waals surface area contributed by atoms with Gasteiger partial charge in [0.2, 0.25) is 0 Å². The van der Waals surface area contributed by atoms with Gasteiger partial charge in [-0.2, -0.15) is 0 Å². The number of unbranched alkanes of at least 4 members (excludes halogenated alkanes) is 1. The minimum Gasteiger partial charge on any atom is -0.309 e. The number of rotatable bonds is 3. The molecular weight excluding hydrogens is 146 g/mol. The summed E-state index contributed by atoms with van der Waals surface area (Å²) < 4.78 is 0. The Morgan fingerprint density at radius 1 is 1.42 bits per heavy atom. The van der Waals surface area contributed by atoms with Gasteiger partial charge < -0.3 is 5.32 Å². The van der Waals surface area contributed by atoms with Gasteiger partial charge >= 0.3 is 0 Å². The Morgan fingerprint density at radius 2 is 2.08 bits per heavy atom. The molecule has 1 aliphatic heterocycles. The largest absolute Gasteiger partial charge is 0.309 e. The van der Waals surface area contributed by atoms with Crippen LogP contribution in [0.4, 0.5) is 0 Å². The fourth-order valence-electron chi connectivity index (χ4n) is 2.46. The van der Waals surface area contributed by atoms with E-state index < -0.39 is 0 Å². The van der Waals surface area contributed by atoms with Crippen molar-refractivity contribution in [1.29, 1.82) is 0 Å². The lowest BCUT2D eigenvalue weighted by Gasteiger charge is -2.27. The third kappa shape index (κ3) is 2.22. The first kappa shape index (κ1) is 10.0. The zero-order valence-electron chi connectivity index (χ0n) is 8.98. The Kier molecular flexibility index (Phi) is 3.16. The SMILES string of the molecule is CCCC[C@@H]1C[C@H](C)NC1(C)C. The van der Waals surface area contributed by atoms with Crippen molar-refractivity contribution in [2.24, 2.45) is 5.92 Å². The first-order chi connectivity index (χ1) is 5.56. The second-order valence-corrected chi connectivity index (χ2v) is 4.84. The van der Waals surface area contributed by atoms with Crippen LogP contribution in [0.15, 0.2) is 0 Å². The molecule has 12 heavy (non-hydrogen) atoms. The first-order valence-electron chi connectivity index (χ1n) is 5.34. The lowest BCUT2D eigenvalue weighted by atomic mass is 9.85. The molecule has 0 aromatic rings. The predicted molar refractivity (Wildman–Crippen MR) is 54.3 cm³/mol. The average Bonchev–Trinajstić information content (AvgIpc) is 2.20. The zero-order chi connectivity index (χ0) is 9.19. The third-order valence-electron chi connectivity index (χ3n) is 3.18. The third-order valence-corrected chi connectivity index (χ3v) is 3.18. The fraction of sp³-hybridized carbons (Fsp3) is 1.00. The van der Waals surface area contributed by atoms with Crippen LogP contribution in [0.25, 0.3) is 0 Å². The highest BCUT2D eigenvalue weighted by atomic mass is 15.0. The van der Waals surface area contributed by atoms with E-state index >= 15 is 0 Å². The van der Waals surface area contributed by atoms with Crippen LogP contribution in [0.3, 0.4) is 0 Å². The lowest BCUT2D eigenvalue weighted by Crippen LogP contribution is -2.40. The van der Waals surface area contributed by atoms with Crippen LogP contribution in [0.2, 0.25) is 0 Å². The second-order valence-electron chi connectivity index (χ2n) is 4.84. The quantitative estimate of drug-likeness (QED) is 0.685. The Balaban J connectivity index is 2.42. The molecule has 2 atom stereocenters. The summed E-state index contributed by atoms with van der Waals surface area (Å²) in [5, 5.41) is 3.65. The summed E-state index contributed by atoms with van der Waals surface area (Å²) in [5.74, 6) is 0.896. The van der Waals surface area contributed by atoms with E-state index in [1.807, 2.05) is 0 Å². The summed E-state index contributed by atoms with van der Waals surface area (Å²) in [6.07, 6.45) is 5.50. The Bertz CT molecular complexity index is 140. The van der Waals surface area contributed by atoms with E-state index in [2.05, 4.69) is 33.0 Å². The molecule has 0 amide bonds. The van der Waals surface area contributed by atoms with Gasteiger partial charge in [-0.25, -0.2) is 0 Å². The Labute approximate surface area is 76.9 Å². The minimum atomic E-state index is 0.384. The topological polar surface area (TPSA) is 12.0 Å². The van der Waals surface area contributed by atoms with Crippen LogP contribution in [-0.4, -0.2) is 11.6 Å². The van der Waals surface area contributed by atoms with Crippen molar-refractivity contribution >= 4 is 0 Å². The van der Waals surface area contributed by atoms with E-state index in [1.165, 1.54) is 25.7 Å². The molecule has 1 fully saturated rings. The normalized spacial score (nSPS) is 34.0. The van der Waals surface area contributed by atoms with Gasteiger partial charge in [-0.05, 0) is 39.5 Å². The molecule has 1 rings (SSSR count). The summed E-state index contributed by atoms with van der Waals surface area (Å²) in [6, 6.07) is 0.724. The summed E-state index contributed by atoms with van der Waals surface area (Å²) in [5.41, 5.74) is 0.384. The van der Waals surface area contributed by atoms with E-state index in [1.54, 1.807) is 0 Å². The van der Waals surface area contributed by atoms with E-state index in [-0.39, 0.29) is 0 Å². The molecule has 0 radical (unpaired) electrons.